The van der Waals surface area contributed by atoms with Gasteiger partial charge in [-0.05, 0) is 82.9 Å². The van der Waals surface area contributed by atoms with E-state index in [0.717, 1.165) is 16.6 Å². The first-order chi connectivity index (χ1) is 17.5. The molecule has 8 heteroatoms. The first-order valence-corrected chi connectivity index (χ1v) is 12.3. The molecule has 186 valence electrons. The largest absolute Gasteiger partial charge is 0.497 e. The van der Waals surface area contributed by atoms with Gasteiger partial charge in [-0.2, -0.15) is 0 Å². The highest BCUT2D eigenvalue weighted by Gasteiger charge is 2.12. The summed E-state index contributed by atoms with van der Waals surface area (Å²) >= 11 is 3.50. The molecule has 0 atom stereocenters. The number of rotatable bonds is 10. The van der Waals surface area contributed by atoms with E-state index in [1.807, 2.05) is 18.2 Å². The van der Waals surface area contributed by atoms with Crippen LogP contribution in [0.5, 0.6) is 28.7 Å². The highest BCUT2D eigenvalue weighted by atomic mass is 79.9. The van der Waals surface area contributed by atoms with Gasteiger partial charge in [0.05, 0.1) is 23.6 Å². The minimum Gasteiger partial charge on any atom is -0.497 e. The Morgan fingerprint density at radius 3 is 2.42 bits per heavy atom. The van der Waals surface area contributed by atoms with E-state index in [2.05, 4.69) is 22.9 Å². The lowest BCUT2D eigenvalue weighted by molar-refractivity contribution is -0.134. The fourth-order valence-electron chi connectivity index (χ4n) is 3.46. The third-order valence-electron chi connectivity index (χ3n) is 5.42. The van der Waals surface area contributed by atoms with Crippen molar-refractivity contribution >= 4 is 32.9 Å². The first kappa shape index (κ1) is 25.3. The summed E-state index contributed by atoms with van der Waals surface area (Å²) in [6.07, 6.45) is 2.86. The van der Waals surface area contributed by atoms with Gasteiger partial charge in [0.1, 0.15) is 34.8 Å². The second kappa shape index (κ2) is 11.8. The van der Waals surface area contributed by atoms with Crippen LogP contribution in [0.2, 0.25) is 0 Å². The van der Waals surface area contributed by atoms with Gasteiger partial charge < -0.3 is 23.4 Å². The summed E-state index contributed by atoms with van der Waals surface area (Å²) in [7, 11) is 1.57. The average molecular weight is 553 g/mol. The number of methoxy groups -OCH3 is 1. The molecule has 1 aromatic heterocycles. The number of fused-ring (bicyclic) bond motifs is 1. The maximum Gasteiger partial charge on any atom is 0.311 e. The average Bonchev–Trinajstić information content (AvgIpc) is 2.89. The van der Waals surface area contributed by atoms with Gasteiger partial charge >= 0.3 is 5.97 Å². The van der Waals surface area contributed by atoms with Crippen LogP contribution in [0, 0.1) is 0 Å². The number of aryl methyl sites for hydroxylation is 1. The van der Waals surface area contributed by atoms with Crippen molar-refractivity contribution in [3.63, 3.8) is 0 Å². The summed E-state index contributed by atoms with van der Waals surface area (Å²) in [5.41, 5.74) is 1.17. The predicted octanol–water partition coefficient (Wildman–Crippen LogP) is 6.68. The maximum atomic E-state index is 12.8. The topological polar surface area (TPSA) is 84.2 Å². The summed E-state index contributed by atoms with van der Waals surface area (Å²) in [4.78, 5) is 25.1. The van der Waals surface area contributed by atoms with Gasteiger partial charge in [-0.15, -0.1) is 0 Å². The molecule has 0 aliphatic rings. The van der Waals surface area contributed by atoms with Crippen LogP contribution in [0.3, 0.4) is 0 Å². The zero-order chi connectivity index (χ0) is 25.5. The molecule has 3 aromatic carbocycles. The normalized spacial score (nSPS) is 10.8. The molecule has 0 saturated heterocycles. The molecule has 0 aliphatic carbocycles. The summed E-state index contributed by atoms with van der Waals surface area (Å²) in [6.45, 7) is 2.47. The molecule has 36 heavy (non-hydrogen) atoms. The molecule has 0 unspecified atom stereocenters. The molecule has 1 heterocycles. The Bertz CT molecular complexity index is 1410. The summed E-state index contributed by atoms with van der Waals surface area (Å²) in [6, 6.07) is 17.4. The number of hydrogen-bond acceptors (Lipinski definition) is 7. The van der Waals surface area contributed by atoms with E-state index in [0.29, 0.717) is 35.7 Å². The second-order valence-electron chi connectivity index (χ2n) is 7.91. The van der Waals surface area contributed by atoms with Crippen LogP contribution in [0.25, 0.3) is 11.0 Å². The molecule has 0 radical (unpaired) electrons. The first-order valence-electron chi connectivity index (χ1n) is 11.5. The van der Waals surface area contributed by atoms with Gasteiger partial charge in [0.2, 0.25) is 11.2 Å². The molecule has 4 aromatic rings. The highest BCUT2D eigenvalue weighted by Crippen LogP contribution is 2.27. The zero-order valence-electron chi connectivity index (χ0n) is 19.9. The van der Waals surface area contributed by atoms with Crippen molar-refractivity contribution in [3.05, 3.63) is 87.2 Å². The van der Waals surface area contributed by atoms with Gasteiger partial charge in [-0.3, -0.25) is 9.59 Å². The third-order valence-corrected chi connectivity index (χ3v) is 6.04. The number of esters is 1. The molecule has 7 nitrogen and oxygen atoms in total. The Morgan fingerprint density at radius 2 is 1.69 bits per heavy atom. The van der Waals surface area contributed by atoms with Gasteiger partial charge in [0.15, 0.2) is 0 Å². The Kier molecular flexibility index (Phi) is 8.28. The molecular formula is C28H25BrO7. The SMILES string of the molecule is CCc1ccc(OCCCC(=O)Oc2ccc3c(=O)c(Oc4ccc(OC)cc4)coc3c2)c(Br)c1. The molecule has 0 bridgehead atoms. The predicted molar refractivity (Wildman–Crippen MR) is 139 cm³/mol. The lowest BCUT2D eigenvalue weighted by Gasteiger charge is -2.10. The quantitative estimate of drug-likeness (QED) is 0.123. The highest BCUT2D eigenvalue weighted by molar-refractivity contribution is 9.10. The number of carbonyl (C=O) groups excluding carboxylic acids is 1. The van der Waals surface area contributed by atoms with E-state index in [1.165, 1.54) is 17.9 Å². The summed E-state index contributed by atoms with van der Waals surface area (Å²) in [5.74, 6) is 1.83. The van der Waals surface area contributed by atoms with E-state index < -0.39 is 5.97 Å². The van der Waals surface area contributed by atoms with Crippen LogP contribution >= 0.6 is 15.9 Å². The summed E-state index contributed by atoms with van der Waals surface area (Å²) < 4.78 is 28.4. The minimum atomic E-state index is -0.403. The Hall–Kier alpha value is -3.78. The van der Waals surface area contributed by atoms with Gasteiger partial charge in [-0.1, -0.05) is 13.0 Å². The van der Waals surface area contributed by atoms with Crippen LogP contribution in [0.4, 0.5) is 0 Å². The maximum absolute atomic E-state index is 12.8. The monoisotopic (exact) mass is 552 g/mol. The van der Waals surface area contributed by atoms with Crippen LogP contribution in [0.1, 0.15) is 25.3 Å². The number of ether oxygens (including phenoxy) is 4. The van der Waals surface area contributed by atoms with Crippen molar-refractivity contribution < 1.29 is 28.2 Å². The van der Waals surface area contributed by atoms with Gasteiger partial charge in [-0.25, -0.2) is 0 Å². The molecule has 0 saturated carbocycles. The van der Waals surface area contributed by atoms with Crippen molar-refractivity contribution in [3.8, 4) is 28.7 Å². The number of carbonyl (C=O) groups is 1. The Morgan fingerprint density at radius 1 is 0.944 bits per heavy atom. The van der Waals surface area contributed by atoms with E-state index in [1.54, 1.807) is 43.5 Å². The molecular weight excluding hydrogens is 528 g/mol. The molecule has 0 spiro atoms. The summed E-state index contributed by atoms with van der Waals surface area (Å²) in [5, 5.41) is 0.314. The molecule has 4 rings (SSSR count). The van der Waals surface area contributed by atoms with Crippen molar-refractivity contribution in [1.82, 2.24) is 0 Å². The zero-order valence-corrected chi connectivity index (χ0v) is 21.5. The molecule has 0 amide bonds. The molecule has 0 N–H and O–H groups in total. The fourth-order valence-corrected chi connectivity index (χ4v) is 4.00. The minimum absolute atomic E-state index is 0.0494. The standard InChI is InChI=1S/C28H25BrO7/c1-3-18-6-13-24(23(29)15-18)33-14-4-5-27(30)36-21-11-12-22-25(16-21)34-17-26(28(22)31)35-20-9-7-19(32-2)8-10-20/h6-13,15-17H,3-5,14H2,1-2H3. The van der Waals surface area contributed by atoms with E-state index >= 15 is 0 Å². The second-order valence-corrected chi connectivity index (χ2v) is 8.76. The van der Waals surface area contributed by atoms with Gasteiger partial charge in [0.25, 0.3) is 0 Å². The van der Waals surface area contributed by atoms with Crippen LogP contribution in [0.15, 0.2) is 80.6 Å². The van der Waals surface area contributed by atoms with Gasteiger partial charge in [0, 0.05) is 12.5 Å². The van der Waals surface area contributed by atoms with Crippen LogP contribution in [-0.2, 0) is 11.2 Å². The van der Waals surface area contributed by atoms with Crippen LogP contribution < -0.4 is 24.4 Å². The number of hydrogen-bond donors (Lipinski definition) is 0. The third kappa shape index (κ3) is 6.26. The van der Waals surface area contributed by atoms with Crippen molar-refractivity contribution in [2.75, 3.05) is 13.7 Å². The van der Waals surface area contributed by atoms with Crippen molar-refractivity contribution in [1.29, 1.82) is 0 Å². The lowest BCUT2D eigenvalue weighted by Crippen LogP contribution is -2.10. The molecule has 0 fully saturated rings. The van der Waals surface area contributed by atoms with Crippen molar-refractivity contribution in [2.24, 2.45) is 0 Å². The lowest BCUT2D eigenvalue weighted by atomic mass is 10.2. The Labute approximate surface area is 216 Å². The Balaban J connectivity index is 1.32. The smallest absolute Gasteiger partial charge is 0.311 e. The van der Waals surface area contributed by atoms with Crippen molar-refractivity contribution in [2.45, 2.75) is 26.2 Å². The fraction of sp³-hybridized carbons (Fsp3) is 0.214. The number of benzene rings is 3. The van der Waals surface area contributed by atoms with E-state index in [-0.39, 0.29) is 23.2 Å². The number of halogens is 1. The van der Waals surface area contributed by atoms with E-state index in [9.17, 15) is 9.59 Å². The van der Waals surface area contributed by atoms with E-state index in [4.69, 9.17) is 23.4 Å². The van der Waals surface area contributed by atoms with Crippen LogP contribution in [-0.4, -0.2) is 19.7 Å². The molecule has 0 aliphatic heterocycles.